The molecule has 92 valence electrons. The van der Waals surface area contributed by atoms with Crippen LogP contribution in [-0.4, -0.2) is 10.5 Å². The number of nitro groups is 1. The van der Waals surface area contributed by atoms with E-state index >= 15 is 0 Å². The summed E-state index contributed by atoms with van der Waals surface area (Å²) in [6, 6.07) is 4.94. The van der Waals surface area contributed by atoms with E-state index in [-0.39, 0.29) is 11.5 Å². The molecule has 0 atom stereocenters. The molecule has 0 N–H and O–H groups in total. The summed E-state index contributed by atoms with van der Waals surface area (Å²) < 4.78 is 10.9. The average molecular weight is 245 g/mol. The van der Waals surface area contributed by atoms with Crippen molar-refractivity contribution in [2.75, 3.05) is 0 Å². The van der Waals surface area contributed by atoms with Crippen LogP contribution in [0.15, 0.2) is 28.7 Å². The fourth-order valence-corrected chi connectivity index (χ4v) is 1.99. The number of furan rings is 1. The van der Waals surface area contributed by atoms with E-state index < -0.39 is 4.92 Å². The van der Waals surface area contributed by atoms with E-state index in [2.05, 4.69) is 0 Å². The highest BCUT2D eigenvalue weighted by Gasteiger charge is 2.23. The second-order valence-electron chi connectivity index (χ2n) is 4.81. The highest BCUT2D eigenvalue weighted by Crippen LogP contribution is 2.36. The first-order valence-electron chi connectivity index (χ1n) is 5.55. The summed E-state index contributed by atoms with van der Waals surface area (Å²) >= 11 is 0. The fourth-order valence-electron chi connectivity index (χ4n) is 1.99. The van der Waals surface area contributed by atoms with Crippen LogP contribution < -0.4 is 4.74 Å². The molecule has 0 saturated carbocycles. The third-order valence-corrected chi connectivity index (χ3v) is 2.85. The van der Waals surface area contributed by atoms with Gasteiger partial charge in [-0.25, -0.2) is 0 Å². The molecule has 2 heterocycles. The minimum Gasteiger partial charge on any atom is -0.483 e. The largest absolute Gasteiger partial charge is 0.483 e. The van der Waals surface area contributed by atoms with Crippen LogP contribution in [-0.2, 0) is 0 Å². The molecule has 1 aromatic heterocycles. The zero-order chi connectivity index (χ0) is 12.9. The molecule has 2 aromatic rings. The van der Waals surface area contributed by atoms with Crippen molar-refractivity contribution in [2.24, 2.45) is 0 Å². The molecule has 0 saturated heterocycles. The van der Waals surface area contributed by atoms with Crippen LogP contribution >= 0.6 is 0 Å². The Morgan fingerprint density at radius 2 is 2.06 bits per heavy atom. The van der Waals surface area contributed by atoms with Crippen molar-refractivity contribution < 1.29 is 14.1 Å². The van der Waals surface area contributed by atoms with Crippen LogP contribution in [0.5, 0.6) is 5.75 Å². The van der Waals surface area contributed by atoms with Gasteiger partial charge in [-0.3, -0.25) is 10.1 Å². The Hall–Kier alpha value is -2.30. The second kappa shape index (κ2) is 3.35. The van der Waals surface area contributed by atoms with Crippen LogP contribution in [0.25, 0.3) is 17.0 Å². The normalized spacial score (nSPS) is 16.3. The number of ether oxygens (including phenoxy) is 1. The Balaban J connectivity index is 2.18. The molecule has 0 radical (unpaired) electrons. The standard InChI is InChI=1S/C13H11NO4/c1-13(2)4-3-8-5-9-6-12(14(15)16)17-10(9)7-11(8)18-13/h3-7H,1-2H3. The van der Waals surface area contributed by atoms with Gasteiger partial charge < -0.3 is 9.15 Å². The Kier molecular flexibility index (Phi) is 2.02. The zero-order valence-electron chi connectivity index (χ0n) is 9.97. The van der Waals surface area contributed by atoms with Gasteiger partial charge in [0.1, 0.15) is 21.9 Å². The molecule has 0 spiro atoms. The predicted molar refractivity (Wildman–Crippen MR) is 66.6 cm³/mol. The molecule has 1 aliphatic rings. The van der Waals surface area contributed by atoms with Gasteiger partial charge in [0.2, 0.25) is 0 Å². The van der Waals surface area contributed by atoms with Gasteiger partial charge in [0.25, 0.3) is 0 Å². The average Bonchev–Trinajstić information content (AvgIpc) is 2.67. The van der Waals surface area contributed by atoms with Gasteiger partial charge >= 0.3 is 5.88 Å². The van der Waals surface area contributed by atoms with E-state index in [1.165, 1.54) is 6.07 Å². The first-order chi connectivity index (χ1) is 8.44. The van der Waals surface area contributed by atoms with Crippen LogP contribution in [0.3, 0.4) is 0 Å². The third kappa shape index (κ3) is 1.64. The van der Waals surface area contributed by atoms with Gasteiger partial charge in [0, 0.05) is 17.0 Å². The molecule has 5 nitrogen and oxygen atoms in total. The number of hydrogen-bond donors (Lipinski definition) is 0. The van der Waals surface area contributed by atoms with Gasteiger partial charge in [-0.2, -0.15) is 0 Å². The van der Waals surface area contributed by atoms with Gasteiger partial charge in [-0.05, 0) is 26.0 Å². The Morgan fingerprint density at radius 1 is 1.28 bits per heavy atom. The lowest BCUT2D eigenvalue weighted by atomic mass is 10.0. The number of hydrogen-bond acceptors (Lipinski definition) is 4. The maximum absolute atomic E-state index is 10.7. The first kappa shape index (κ1) is 10.8. The van der Waals surface area contributed by atoms with Crippen molar-refractivity contribution in [1.29, 1.82) is 0 Å². The van der Waals surface area contributed by atoms with Crippen molar-refractivity contribution in [1.82, 2.24) is 0 Å². The smallest absolute Gasteiger partial charge is 0.434 e. The van der Waals surface area contributed by atoms with Gasteiger partial charge in [0.05, 0.1) is 6.07 Å². The molecule has 0 bridgehead atoms. The highest BCUT2D eigenvalue weighted by atomic mass is 16.6. The van der Waals surface area contributed by atoms with Crippen molar-refractivity contribution >= 4 is 22.9 Å². The zero-order valence-corrected chi connectivity index (χ0v) is 9.97. The molecule has 1 aromatic carbocycles. The molecular weight excluding hydrogens is 234 g/mol. The van der Waals surface area contributed by atoms with Crippen molar-refractivity contribution in [3.05, 3.63) is 40.0 Å². The maximum Gasteiger partial charge on any atom is 0.434 e. The molecule has 0 fully saturated rings. The van der Waals surface area contributed by atoms with Crippen molar-refractivity contribution in [3.63, 3.8) is 0 Å². The third-order valence-electron chi connectivity index (χ3n) is 2.85. The SMILES string of the molecule is CC1(C)C=Cc2cc3cc([N+](=O)[O-])oc3cc2O1. The number of rotatable bonds is 1. The van der Waals surface area contributed by atoms with Crippen molar-refractivity contribution in [2.45, 2.75) is 19.4 Å². The minimum absolute atomic E-state index is 0.254. The number of nitrogens with zero attached hydrogens (tertiary/aromatic N) is 1. The Morgan fingerprint density at radius 3 is 2.78 bits per heavy atom. The summed E-state index contributed by atoms with van der Waals surface area (Å²) in [6.07, 6.45) is 3.91. The van der Waals surface area contributed by atoms with Crippen LogP contribution in [0.1, 0.15) is 19.4 Å². The van der Waals surface area contributed by atoms with E-state index in [1.54, 1.807) is 6.07 Å². The summed E-state index contributed by atoms with van der Waals surface area (Å²) in [4.78, 5) is 10.1. The summed E-state index contributed by atoms with van der Waals surface area (Å²) in [5.74, 6) is 0.426. The first-order valence-corrected chi connectivity index (χ1v) is 5.55. The topological polar surface area (TPSA) is 65.5 Å². The maximum atomic E-state index is 10.7. The van der Waals surface area contributed by atoms with E-state index in [4.69, 9.17) is 9.15 Å². The van der Waals surface area contributed by atoms with E-state index in [0.717, 1.165) is 5.56 Å². The highest BCUT2D eigenvalue weighted by molar-refractivity contribution is 5.85. The number of fused-ring (bicyclic) bond motifs is 2. The molecule has 0 amide bonds. The monoisotopic (exact) mass is 245 g/mol. The summed E-state index contributed by atoms with van der Waals surface area (Å²) in [6.45, 7) is 3.89. The molecule has 3 rings (SSSR count). The summed E-state index contributed by atoms with van der Waals surface area (Å²) in [7, 11) is 0. The van der Waals surface area contributed by atoms with Crippen LogP contribution in [0.2, 0.25) is 0 Å². The Bertz CT molecular complexity index is 682. The number of benzene rings is 1. The van der Waals surface area contributed by atoms with Gasteiger partial charge in [-0.1, -0.05) is 6.08 Å². The second-order valence-corrected chi connectivity index (χ2v) is 4.81. The quantitative estimate of drug-likeness (QED) is 0.569. The van der Waals surface area contributed by atoms with Gasteiger partial charge in [-0.15, -0.1) is 0 Å². The summed E-state index contributed by atoms with van der Waals surface area (Å²) in [5, 5.41) is 11.4. The van der Waals surface area contributed by atoms with Gasteiger partial charge in [0.15, 0.2) is 0 Å². The minimum atomic E-state index is -0.542. The molecule has 1 aliphatic heterocycles. The lowest BCUT2D eigenvalue weighted by Gasteiger charge is -2.27. The molecule has 5 heteroatoms. The van der Waals surface area contributed by atoms with Crippen LogP contribution in [0.4, 0.5) is 5.88 Å². The lowest BCUT2D eigenvalue weighted by Crippen LogP contribution is -2.27. The van der Waals surface area contributed by atoms with E-state index in [9.17, 15) is 10.1 Å². The lowest BCUT2D eigenvalue weighted by molar-refractivity contribution is -0.401. The van der Waals surface area contributed by atoms with Crippen molar-refractivity contribution in [3.8, 4) is 5.75 Å². The Labute approximate surface area is 103 Å². The van der Waals surface area contributed by atoms with Crippen LogP contribution in [0, 0.1) is 10.1 Å². The molecule has 18 heavy (non-hydrogen) atoms. The molecule has 0 aliphatic carbocycles. The summed E-state index contributed by atoms with van der Waals surface area (Å²) in [5.41, 5.74) is 0.989. The molecular formula is C13H11NO4. The molecule has 0 unspecified atom stereocenters. The fraction of sp³-hybridized carbons (Fsp3) is 0.231. The predicted octanol–water partition coefficient (Wildman–Crippen LogP) is 3.53. The van der Waals surface area contributed by atoms with E-state index in [1.807, 2.05) is 32.1 Å². The van der Waals surface area contributed by atoms with E-state index in [0.29, 0.717) is 16.7 Å².